The minimum absolute atomic E-state index is 0.303. The van der Waals surface area contributed by atoms with E-state index in [1.54, 1.807) is 38.4 Å². The van der Waals surface area contributed by atoms with Crippen LogP contribution < -0.4 is 16.0 Å². The van der Waals surface area contributed by atoms with Gasteiger partial charge in [-0.1, -0.05) is 23.7 Å². The zero-order chi connectivity index (χ0) is 19.6. The Labute approximate surface area is 163 Å². The molecular weight excluding hydrogens is 369 g/mol. The zero-order valence-corrected chi connectivity index (χ0v) is 16.1. The third kappa shape index (κ3) is 6.86. The van der Waals surface area contributed by atoms with Crippen molar-refractivity contribution in [3.8, 4) is 0 Å². The first-order valence-electron chi connectivity index (χ1n) is 8.59. The van der Waals surface area contributed by atoms with Gasteiger partial charge in [-0.2, -0.15) is 0 Å². The Hall–Kier alpha value is -2.67. The Morgan fingerprint density at radius 3 is 2.56 bits per heavy atom. The van der Waals surface area contributed by atoms with Gasteiger partial charge >= 0.3 is 0 Å². The van der Waals surface area contributed by atoms with Gasteiger partial charge in [-0.25, -0.2) is 9.37 Å². The van der Waals surface area contributed by atoms with Crippen LogP contribution in [-0.2, 0) is 6.42 Å². The monoisotopic (exact) mass is 391 g/mol. The molecule has 1 aromatic carbocycles. The predicted molar refractivity (Wildman–Crippen MR) is 106 cm³/mol. The number of guanidine groups is 1. The second-order valence-corrected chi connectivity index (χ2v) is 6.27. The lowest BCUT2D eigenvalue weighted by Crippen LogP contribution is -2.42. The van der Waals surface area contributed by atoms with Crippen molar-refractivity contribution in [1.82, 2.24) is 20.9 Å². The number of halogens is 2. The summed E-state index contributed by atoms with van der Waals surface area (Å²) >= 11 is 5.76. The van der Waals surface area contributed by atoms with E-state index in [-0.39, 0.29) is 11.7 Å². The fraction of sp³-hybridized carbons (Fsp3) is 0.316. The summed E-state index contributed by atoms with van der Waals surface area (Å²) in [5, 5.41) is 9.50. The van der Waals surface area contributed by atoms with Crippen molar-refractivity contribution in [3.05, 3.63) is 64.2 Å². The molecule has 0 spiro atoms. The Balaban J connectivity index is 1.67. The fourth-order valence-electron chi connectivity index (χ4n) is 2.29. The quantitative estimate of drug-likeness (QED) is 0.293. The number of hydrogen-bond acceptors (Lipinski definition) is 3. The van der Waals surface area contributed by atoms with E-state index in [0.717, 1.165) is 12.0 Å². The second kappa shape index (κ2) is 10.5. The van der Waals surface area contributed by atoms with Crippen molar-refractivity contribution in [1.29, 1.82) is 0 Å². The van der Waals surface area contributed by atoms with Crippen LogP contribution in [0.25, 0.3) is 0 Å². The van der Waals surface area contributed by atoms with Gasteiger partial charge in [0.2, 0.25) is 0 Å². The van der Waals surface area contributed by atoms with Gasteiger partial charge in [0.15, 0.2) is 5.96 Å². The lowest BCUT2D eigenvalue weighted by atomic mass is 10.1. The van der Waals surface area contributed by atoms with Crippen LogP contribution in [0, 0.1) is 12.7 Å². The number of nitrogens with zero attached hydrogens (tertiary/aromatic N) is 2. The van der Waals surface area contributed by atoms with Crippen LogP contribution in [0.2, 0.25) is 5.15 Å². The Morgan fingerprint density at radius 1 is 1.15 bits per heavy atom. The minimum Gasteiger partial charge on any atom is -0.356 e. The van der Waals surface area contributed by atoms with Gasteiger partial charge in [0.25, 0.3) is 5.91 Å². The molecule has 8 heteroatoms. The van der Waals surface area contributed by atoms with Gasteiger partial charge in [-0.05, 0) is 42.7 Å². The molecule has 2 aromatic rings. The number of hydrogen-bond donors (Lipinski definition) is 3. The molecule has 0 fully saturated rings. The highest BCUT2D eigenvalue weighted by Gasteiger charge is 2.07. The van der Waals surface area contributed by atoms with Crippen LogP contribution in [0.1, 0.15) is 21.5 Å². The van der Waals surface area contributed by atoms with E-state index in [1.165, 1.54) is 6.07 Å². The lowest BCUT2D eigenvalue weighted by Gasteiger charge is -2.12. The number of aromatic nitrogens is 1. The highest BCUT2D eigenvalue weighted by molar-refractivity contribution is 6.29. The van der Waals surface area contributed by atoms with Crippen LogP contribution in [0.4, 0.5) is 4.39 Å². The molecule has 27 heavy (non-hydrogen) atoms. The number of aryl methyl sites for hydroxylation is 1. The number of rotatable bonds is 7. The molecule has 0 unspecified atom stereocenters. The first-order chi connectivity index (χ1) is 13.0. The largest absolute Gasteiger partial charge is 0.356 e. The molecule has 3 N–H and O–H groups in total. The van der Waals surface area contributed by atoms with E-state index < -0.39 is 0 Å². The number of benzene rings is 1. The first kappa shape index (κ1) is 20.6. The van der Waals surface area contributed by atoms with E-state index in [1.807, 2.05) is 6.07 Å². The van der Waals surface area contributed by atoms with Crippen LogP contribution in [-0.4, -0.2) is 43.5 Å². The SMILES string of the molecule is CN=C(NCCNC(=O)c1ccc(C)c(F)c1)NCCc1ccc(Cl)nc1. The van der Waals surface area contributed by atoms with E-state index in [9.17, 15) is 9.18 Å². The highest BCUT2D eigenvalue weighted by atomic mass is 35.5. The summed E-state index contributed by atoms with van der Waals surface area (Å²) in [6, 6.07) is 8.12. The van der Waals surface area contributed by atoms with Crippen molar-refractivity contribution < 1.29 is 9.18 Å². The predicted octanol–water partition coefficient (Wildman–Crippen LogP) is 2.32. The molecular formula is C19H23ClFN5O. The van der Waals surface area contributed by atoms with Crippen LogP contribution >= 0.6 is 11.6 Å². The topological polar surface area (TPSA) is 78.4 Å². The molecule has 1 aromatic heterocycles. The molecule has 1 heterocycles. The van der Waals surface area contributed by atoms with E-state index in [0.29, 0.717) is 41.9 Å². The Kier molecular flexibility index (Phi) is 8.00. The van der Waals surface area contributed by atoms with Crippen molar-refractivity contribution in [2.24, 2.45) is 4.99 Å². The van der Waals surface area contributed by atoms with E-state index >= 15 is 0 Å². The molecule has 0 atom stereocenters. The van der Waals surface area contributed by atoms with Gasteiger partial charge in [-0.3, -0.25) is 9.79 Å². The number of nitrogens with one attached hydrogen (secondary N) is 3. The van der Waals surface area contributed by atoms with Crippen molar-refractivity contribution in [2.75, 3.05) is 26.7 Å². The van der Waals surface area contributed by atoms with E-state index in [2.05, 4.69) is 25.9 Å². The number of carbonyl (C=O) groups excluding carboxylic acids is 1. The maximum Gasteiger partial charge on any atom is 0.251 e. The molecule has 0 aliphatic heterocycles. The molecule has 6 nitrogen and oxygen atoms in total. The molecule has 1 amide bonds. The van der Waals surface area contributed by atoms with Gasteiger partial charge in [0.1, 0.15) is 11.0 Å². The van der Waals surface area contributed by atoms with Crippen LogP contribution in [0.5, 0.6) is 0 Å². The summed E-state index contributed by atoms with van der Waals surface area (Å²) in [6.45, 7) is 3.21. The molecule has 144 valence electrons. The summed E-state index contributed by atoms with van der Waals surface area (Å²) in [5.74, 6) is -0.0669. The lowest BCUT2D eigenvalue weighted by molar-refractivity contribution is 0.0954. The summed E-state index contributed by atoms with van der Waals surface area (Å²) < 4.78 is 13.5. The van der Waals surface area contributed by atoms with Gasteiger partial charge < -0.3 is 16.0 Å². The maximum absolute atomic E-state index is 13.5. The molecule has 0 aliphatic rings. The average Bonchev–Trinajstić information content (AvgIpc) is 2.67. The van der Waals surface area contributed by atoms with Crippen molar-refractivity contribution in [2.45, 2.75) is 13.3 Å². The van der Waals surface area contributed by atoms with Crippen LogP contribution in [0.3, 0.4) is 0 Å². The summed E-state index contributed by atoms with van der Waals surface area (Å²) in [7, 11) is 1.67. The molecule has 0 bridgehead atoms. The Morgan fingerprint density at radius 2 is 1.89 bits per heavy atom. The first-order valence-corrected chi connectivity index (χ1v) is 8.96. The zero-order valence-electron chi connectivity index (χ0n) is 15.4. The third-order valence-corrected chi connectivity index (χ3v) is 4.08. The summed E-state index contributed by atoms with van der Waals surface area (Å²) in [6.07, 6.45) is 2.52. The van der Waals surface area contributed by atoms with Crippen molar-refractivity contribution in [3.63, 3.8) is 0 Å². The maximum atomic E-state index is 13.5. The summed E-state index contributed by atoms with van der Waals surface area (Å²) in [5.41, 5.74) is 1.88. The molecule has 0 saturated heterocycles. The number of amides is 1. The highest BCUT2D eigenvalue weighted by Crippen LogP contribution is 2.08. The minimum atomic E-state index is -0.388. The third-order valence-electron chi connectivity index (χ3n) is 3.86. The number of aliphatic imine (C=N–C) groups is 1. The molecule has 0 aliphatic carbocycles. The fourth-order valence-corrected chi connectivity index (χ4v) is 2.41. The molecule has 2 rings (SSSR count). The number of pyridine rings is 1. The molecule has 0 radical (unpaired) electrons. The van der Waals surface area contributed by atoms with Gasteiger partial charge in [0, 0.05) is 38.4 Å². The van der Waals surface area contributed by atoms with Gasteiger partial charge in [0.05, 0.1) is 0 Å². The summed E-state index contributed by atoms with van der Waals surface area (Å²) in [4.78, 5) is 20.2. The van der Waals surface area contributed by atoms with Gasteiger partial charge in [-0.15, -0.1) is 0 Å². The molecule has 0 saturated carbocycles. The number of carbonyl (C=O) groups is 1. The van der Waals surface area contributed by atoms with E-state index in [4.69, 9.17) is 11.6 Å². The Bertz CT molecular complexity index is 795. The normalized spacial score (nSPS) is 11.2. The second-order valence-electron chi connectivity index (χ2n) is 5.88. The van der Waals surface area contributed by atoms with Crippen molar-refractivity contribution >= 4 is 23.5 Å². The smallest absolute Gasteiger partial charge is 0.251 e. The standard InChI is InChI=1S/C19H23ClFN5O/c1-13-3-5-15(11-16(13)21)18(27)23-9-10-25-19(22-2)24-8-7-14-4-6-17(20)26-12-14/h3-6,11-12H,7-10H2,1-2H3,(H,23,27)(H2,22,24,25). The van der Waals surface area contributed by atoms with Crippen LogP contribution in [0.15, 0.2) is 41.5 Å². The average molecular weight is 392 g/mol.